The molecule has 4 aromatic rings. The van der Waals surface area contributed by atoms with Crippen LogP contribution in [0.4, 0.5) is 17.6 Å². The van der Waals surface area contributed by atoms with E-state index in [1.165, 1.54) is 75.1 Å². The first-order valence-electron chi connectivity index (χ1n) is 16.1. The Morgan fingerprint density at radius 1 is 0.844 bits per heavy atom. The van der Waals surface area contributed by atoms with Crippen LogP contribution in [0.5, 0.6) is 5.75 Å². The number of alkyl halides is 2. The number of hydrogen-bond acceptors (Lipinski definition) is 2. The summed E-state index contributed by atoms with van der Waals surface area (Å²) in [6, 6.07) is 18.7. The number of unbranched alkanes of at least 4 members (excludes halogenated alkanes) is 2. The minimum absolute atomic E-state index is 0.366. The molecular formula is C39H41F4NO. The highest BCUT2D eigenvalue weighted by Crippen LogP contribution is 2.39. The largest absolute Gasteiger partial charge is 0.429 e. The van der Waals surface area contributed by atoms with E-state index in [-0.39, 0.29) is 5.75 Å². The van der Waals surface area contributed by atoms with Crippen LogP contribution in [0.3, 0.4) is 0 Å². The summed E-state index contributed by atoms with van der Waals surface area (Å²) in [5, 5.41) is 0. The van der Waals surface area contributed by atoms with Gasteiger partial charge in [-0.15, -0.1) is 6.58 Å². The van der Waals surface area contributed by atoms with Gasteiger partial charge < -0.3 is 4.74 Å². The Kier molecular flexibility index (Phi) is 10.7. The Morgan fingerprint density at radius 3 is 2.22 bits per heavy atom. The molecule has 3 aromatic carbocycles. The zero-order chi connectivity index (χ0) is 31.8. The number of pyridine rings is 1. The Bertz CT molecular complexity index is 1560. The first-order chi connectivity index (χ1) is 21.8. The number of aryl methyl sites for hydroxylation is 1. The minimum Gasteiger partial charge on any atom is -0.429 e. The van der Waals surface area contributed by atoms with Gasteiger partial charge in [0.05, 0.1) is 11.3 Å². The second kappa shape index (κ2) is 14.9. The number of allylic oxidation sites excluding steroid dienone is 1. The molecule has 0 saturated heterocycles. The molecule has 1 heterocycles. The molecule has 6 heteroatoms. The molecule has 1 aliphatic carbocycles. The van der Waals surface area contributed by atoms with E-state index in [1.807, 2.05) is 30.5 Å². The predicted octanol–water partition coefficient (Wildman–Crippen LogP) is 11.8. The average Bonchev–Trinajstić information content (AvgIpc) is 3.05. The van der Waals surface area contributed by atoms with Gasteiger partial charge in [-0.1, -0.05) is 81.1 Å². The van der Waals surface area contributed by atoms with Crippen molar-refractivity contribution in [1.29, 1.82) is 0 Å². The summed E-state index contributed by atoms with van der Waals surface area (Å²) in [5.41, 5.74) is 3.64. The number of nitrogens with zero attached hydrogens (tertiary/aromatic N) is 1. The van der Waals surface area contributed by atoms with Crippen LogP contribution in [0, 0.1) is 17.6 Å². The molecule has 1 saturated carbocycles. The van der Waals surface area contributed by atoms with Crippen molar-refractivity contribution in [3.8, 4) is 28.1 Å². The maximum atomic E-state index is 15.0. The molecule has 0 spiro atoms. The fraction of sp³-hybridized carbons (Fsp3) is 0.359. The number of rotatable bonds is 13. The fourth-order valence-corrected chi connectivity index (χ4v) is 6.30. The van der Waals surface area contributed by atoms with Crippen molar-refractivity contribution in [1.82, 2.24) is 4.98 Å². The van der Waals surface area contributed by atoms with Crippen molar-refractivity contribution in [3.63, 3.8) is 0 Å². The van der Waals surface area contributed by atoms with Gasteiger partial charge in [0.15, 0.2) is 0 Å². The molecule has 0 bridgehead atoms. The molecule has 1 fully saturated rings. The van der Waals surface area contributed by atoms with E-state index in [4.69, 9.17) is 9.72 Å². The lowest BCUT2D eigenvalue weighted by atomic mass is 9.77. The summed E-state index contributed by atoms with van der Waals surface area (Å²) in [4.78, 5) is 4.73. The number of benzene rings is 3. The molecule has 0 aliphatic heterocycles. The highest BCUT2D eigenvalue weighted by atomic mass is 19.3. The van der Waals surface area contributed by atoms with Crippen LogP contribution in [0.25, 0.3) is 22.4 Å². The SMILES string of the molecule is C=CCCc1ccc(OC(F)(F)c2ccc(-c3ccc(-c4ccc(C5CCC(CCCCC)CC5)cn4)cc3)cc2F)cc1F. The molecule has 0 atom stereocenters. The summed E-state index contributed by atoms with van der Waals surface area (Å²) in [5.74, 6) is -0.718. The van der Waals surface area contributed by atoms with Crippen LogP contribution in [-0.2, 0) is 12.5 Å². The summed E-state index contributed by atoms with van der Waals surface area (Å²) >= 11 is 0. The maximum absolute atomic E-state index is 15.0. The van der Waals surface area contributed by atoms with E-state index in [0.717, 1.165) is 35.4 Å². The fourth-order valence-electron chi connectivity index (χ4n) is 6.30. The van der Waals surface area contributed by atoms with Crippen molar-refractivity contribution < 1.29 is 22.3 Å². The normalized spacial score (nSPS) is 16.8. The van der Waals surface area contributed by atoms with Crippen LogP contribution in [0.1, 0.15) is 87.3 Å². The zero-order valence-electron chi connectivity index (χ0n) is 25.9. The van der Waals surface area contributed by atoms with Crippen molar-refractivity contribution in [2.75, 3.05) is 0 Å². The third-order valence-corrected chi connectivity index (χ3v) is 9.01. The number of hydrogen-bond donors (Lipinski definition) is 0. The van der Waals surface area contributed by atoms with E-state index >= 15 is 0 Å². The smallest absolute Gasteiger partial charge is 0.429 e. The zero-order valence-corrected chi connectivity index (χ0v) is 25.9. The summed E-state index contributed by atoms with van der Waals surface area (Å²) < 4.78 is 63.9. The van der Waals surface area contributed by atoms with Crippen LogP contribution >= 0.6 is 0 Å². The molecule has 2 nitrogen and oxygen atoms in total. The van der Waals surface area contributed by atoms with Gasteiger partial charge in [-0.05, 0) is 96.9 Å². The van der Waals surface area contributed by atoms with Crippen LogP contribution < -0.4 is 4.74 Å². The topological polar surface area (TPSA) is 22.1 Å². The lowest BCUT2D eigenvalue weighted by Crippen LogP contribution is -2.23. The Hall–Kier alpha value is -3.93. The third-order valence-electron chi connectivity index (χ3n) is 9.01. The summed E-state index contributed by atoms with van der Waals surface area (Å²) in [6.07, 6.45) is 11.0. The number of halogens is 4. The van der Waals surface area contributed by atoms with Gasteiger partial charge in [0.25, 0.3) is 0 Å². The van der Waals surface area contributed by atoms with Crippen molar-refractivity contribution >= 4 is 0 Å². The first-order valence-corrected chi connectivity index (χ1v) is 16.1. The van der Waals surface area contributed by atoms with Gasteiger partial charge >= 0.3 is 6.11 Å². The molecule has 0 unspecified atom stereocenters. The third kappa shape index (κ3) is 8.22. The highest BCUT2D eigenvalue weighted by Gasteiger charge is 2.38. The second-order valence-electron chi connectivity index (χ2n) is 12.2. The van der Waals surface area contributed by atoms with Crippen molar-refractivity contribution in [2.24, 2.45) is 5.92 Å². The molecule has 236 valence electrons. The van der Waals surface area contributed by atoms with Gasteiger partial charge in [0.1, 0.15) is 17.4 Å². The Balaban J connectivity index is 1.21. The predicted molar refractivity (Wildman–Crippen MR) is 173 cm³/mol. The van der Waals surface area contributed by atoms with Crippen molar-refractivity contribution in [3.05, 3.63) is 120 Å². The molecule has 0 N–H and O–H groups in total. The Morgan fingerprint density at radius 2 is 1.58 bits per heavy atom. The van der Waals surface area contributed by atoms with Gasteiger partial charge in [0.2, 0.25) is 0 Å². The number of aromatic nitrogens is 1. The molecule has 5 rings (SSSR count). The lowest BCUT2D eigenvalue weighted by molar-refractivity contribution is -0.187. The van der Waals surface area contributed by atoms with E-state index in [9.17, 15) is 17.6 Å². The standard InChI is InChI=1S/C39H41F4NO/c1-3-5-7-8-27-10-12-29(13-11-27)33-20-23-38(44-26-33)31-16-14-28(15-17-31)32-19-22-35(37(41)24-32)39(42,43)45-34-21-18-30(9-6-4-2)36(40)25-34/h4,14-27,29H,2-3,5-13H2,1H3. The number of ether oxygens (including phenoxy) is 1. The lowest BCUT2D eigenvalue weighted by Gasteiger charge is -2.28. The van der Waals surface area contributed by atoms with Crippen molar-refractivity contribution in [2.45, 2.75) is 83.2 Å². The molecule has 1 aromatic heterocycles. The quantitative estimate of drug-likeness (QED) is 0.0848. The van der Waals surface area contributed by atoms with E-state index < -0.39 is 23.3 Å². The first kappa shape index (κ1) is 32.5. The van der Waals surface area contributed by atoms with Gasteiger partial charge in [-0.25, -0.2) is 8.78 Å². The van der Waals surface area contributed by atoms with E-state index in [0.29, 0.717) is 35.4 Å². The van der Waals surface area contributed by atoms with E-state index in [2.05, 4.69) is 25.6 Å². The maximum Gasteiger partial charge on any atom is 0.429 e. The van der Waals surface area contributed by atoms with Gasteiger partial charge in [-0.2, -0.15) is 8.78 Å². The highest BCUT2D eigenvalue weighted by molar-refractivity contribution is 5.69. The minimum atomic E-state index is -3.99. The second-order valence-corrected chi connectivity index (χ2v) is 12.2. The van der Waals surface area contributed by atoms with Crippen LogP contribution in [0.2, 0.25) is 0 Å². The summed E-state index contributed by atoms with van der Waals surface area (Å²) in [7, 11) is 0. The molecule has 1 aliphatic rings. The molecule has 45 heavy (non-hydrogen) atoms. The molecule has 0 amide bonds. The molecular weight excluding hydrogens is 574 g/mol. The monoisotopic (exact) mass is 615 g/mol. The van der Waals surface area contributed by atoms with E-state index in [1.54, 1.807) is 6.08 Å². The van der Waals surface area contributed by atoms with Crippen LogP contribution in [-0.4, -0.2) is 4.98 Å². The van der Waals surface area contributed by atoms with Crippen LogP contribution in [0.15, 0.2) is 91.6 Å². The summed E-state index contributed by atoms with van der Waals surface area (Å²) in [6.45, 7) is 5.85. The Labute approximate surface area is 264 Å². The van der Waals surface area contributed by atoms with Gasteiger partial charge in [-0.3, -0.25) is 4.98 Å². The molecule has 0 radical (unpaired) electrons. The van der Waals surface area contributed by atoms with Gasteiger partial charge in [0, 0.05) is 17.8 Å². The average molecular weight is 616 g/mol.